The first kappa shape index (κ1) is 23.6. The Labute approximate surface area is 163 Å². The molecule has 0 aromatic heterocycles. The number of carboxylic acids is 1. The SMILES string of the molecule is CCCCC[C@@H](/C=C/C1[C@H](OC)CC(=O)[C@@H]1C/C=C/CCCC(=O)O)OC. The molecule has 0 radical (unpaired) electrons. The number of allylic oxidation sites excluding steroid dienone is 2. The molecule has 1 saturated carbocycles. The molecule has 5 heteroatoms. The van der Waals surface area contributed by atoms with Crippen molar-refractivity contribution in [3.8, 4) is 0 Å². The van der Waals surface area contributed by atoms with E-state index in [0.717, 1.165) is 19.3 Å². The molecule has 4 atom stereocenters. The fourth-order valence-corrected chi connectivity index (χ4v) is 3.62. The molecule has 0 aromatic carbocycles. The Balaban J connectivity index is 2.62. The Morgan fingerprint density at radius 3 is 2.67 bits per heavy atom. The highest BCUT2D eigenvalue weighted by molar-refractivity contribution is 5.84. The van der Waals surface area contributed by atoms with Crippen LogP contribution in [0, 0.1) is 11.8 Å². The summed E-state index contributed by atoms with van der Waals surface area (Å²) >= 11 is 0. The summed E-state index contributed by atoms with van der Waals surface area (Å²) < 4.78 is 11.1. The Bertz CT molecular complexity index is 497. The molecule has 1 unspecified atom stereocenters. The van der Waals surface area contributed by atoms with Crippen molar-refractivity contribution >= 4 is 11.8 Å². The number of ether oxygens (including phenoxy) is 2. The van der Waals surface area contributed by atoms with E-state index in [2.05, 4.69) is 19.1 Å². The van der Waals surface area contributed by atoms with E-state index in [9.17, 15) is 9.59 Å². The van der Waals surface area contributed by atoms with E-state index in [1.165, 1.54) is 12.8 Å². The van der Waals surface area contributed by atoms with Crippen LogP contribution < -0.4 is 0 Å². The molecule has 0 amide bonds. The van der Waals surface area contributed by atoms with Crippen LogP contribution in [0.1, 0.15) is 64.7 Å². The van der Waals surface area contributed by atoms with Gasteiger partial charge in [-0.1, -0.05) is 50.5 Å². The van der Waals surface area contributed by atoms with Crippen molar-refractivity contribution in [1.82, 2.24) is 0 Å². The molecule has 1 fully saturated rings. The summed E-state index contributed by atoms with van der Waals surface area (Å²) in [6, 6.07) is 0. The van der Waals surface area contributed by atoms with Crippen LogP contribution in [0.5, 0.6) is 0 Å². The van der Waals surface area contributed by atoms with E-state index in [1.54, 1.807) is 14.2 Å². The number of ketones is 1. The molecule has 5 nitrogen and oxygen atoms in total. The lowest BCUT2D eigenvalue weighted by Gasteiger charge is -2.20. The average Bonchev–Trinajstić information content (AvgIpc) is 2.95. The molecule has 0 aliphatic heterocycles. The van der Waals surface area contributed by atoms with E-state index < -0.39 is 5.97 Å². The maximum absolute atomic E-state index is 12.4. The number of methoxy groups -OCH3 is 2. The number of carbonyl (C=O) groups is 2. The van der Waals surface area contributed by atoms with Crippen molar-refractivity contribution in [2.24, 2.45) is 11.8 Å². The number of carboxylic acid groups (broad SMARTS) is 1. The monoisotopic (exact) mass is 380 g/mol. The van der Waals surface area contributed by atoms with Gasteiger partial charge in [0.2, 0.25) is 0 Å². The van der Waals surface area contributed by atoms with E-state index in [0.29, 0.717) is 19.3 Å². The van der Waals surface area contributed by atoms with Crippen molar-refractivity contribution in [3.63, 3.8) is 0 Å². The first-order valence-corrected chi connectivity index (χ1v) is 10.2. The summed E-state index contributed by atoms with van der Waals surface area (Å²) in [6.45, 7) is 2.19. The van der Waals surface area contributed by atoms with Gasteiger partial charge in [0.1, 0.15) is 5.78 Å². The molecule has 0 heterocycles. The molecule has 0 saturated heterocycles. The zero-order chi connectivity index (χ0) is 20.1. The third-order valence-corrected chi connectivity index (χ3v) is 5.27. The van der Waals surface area contributed by atoms with Crippen LogP contribution in [-0.4, -0.2) is 43.3 Å². The molecule has 0 spiro atoms. The highest BCUT2D eigenvalue weighted by atomic mass is 16.5. The number of rotatable bonds is 14. The fraction of sp³-hybridized carbons (Fsp3) is 0.727. The van der Waals surface area contributed by atoms with Crippen molar-refractivity contribution < 1.29 is 24.2 Å². The van der Waals surface area contributed by atoms with Gasteiger partial charge in [-0.3, -0.25) is 9.59 Å². The summed E-state index contributed by atoms with van der Waals surface area (Å²) in [5, 5.41) is 8.66. The highest BCUT2D eigenvalue weighted by Crippen LogP contribution is 2.35. The van der Waals surface area contributed by atoms with E-state index in [-0.39, 0.29) is 36.2 Å². The Hall–Kier alpha value is -1.46. The van der Waals surface area contributed by atoms with Gasteiger partial charge in [-0.15, -0.1) is 0 Å². The predicted octanol–water partition coefficient (Wildman–Crippen LogP) is 4.56. The largest absolute Gasteiger partial charge is 0.481 e. The Morgan fingerprint density at radius 1 is 1.26 bits per heavy atom. The van der Waals surface area contributed by atoms with Crippen LogP contribution >= 0.6 is 0 Å². The molecule has 1 aliphatic rings. The quantitative estimate of drug-likeness (QED) is 0.353. The smallest absolute Gasteiger partial charge is 0.303 e. The first-order chi connectivity index (χ1) is 13.0. The topological polar surface area (TPSA) is 72.8 Å². The summed E-state index contributed by atoms with van der Waals surface area (Å²) in [5.74, 6) is -0.536. The molecule has 0 aromatic rings. The lowest BCUT2D eigenvalue weighted by molar-refractivity contribution is -0.137. The van der Waals surface area contributed by atoms with Gasteiger partial charge < -0.3 is 14.6 Å². The van der Waals surface area contributed by atoms with Gasteiger partial charge in [-0.25, -0.2) is 0 Å². The number of carbonyl (C=O) groups excluding carboxylic acids is 1. The van der Waals surface area contributed by atoms with Gasteiger partial charge in [0, 0.05) is 38.9 Å². The average molecular weight is 381 g/mol. The number of Topliss-reactive ketones (excluding diaryl/α,β-unsaturated/α-hetero) is 1. The third kappa shape index (κ3) is 8.85. The lowest BCUT2D eigenvalue weighted by atomic mass is 9.90. The minimum Gasteiger partial charge on any atom is -0.481 e. The second kappa shape index (κ2) is 13.7. The van der Waals surface area contributed by atoms with Crippen molar-refractivity contribution in [1.29, 1.82) is 0 Å². The lowest BCUT2D eigenvalue weighted by Crippen LogP contribution is -2.20. The van der Waals surface area contributed by atoms with E-state index >= 15 is 0 Å². The van der Waals surface area contributed by atoms with Crippen molar-refractivity contribution in [2.45, 2.75) is 76.9 Å². The Kier molecular flexibility index (Phi) is 11.9. The van der Waals surface area contributed by atoms with Crippen LogP contribution in [0.25, 0.3) is 0 Å². The number of hydrogen-bond acceptors (Lipinski definition) is 4. The minimum absolute atomic E-state index is 0.0648. The fourth-order valence-electron chi connectivity index (χ4n) is 3.62. The zero-order valence-corrected chi connectivity index (χ0v) is 17.1. The number of aliphatic carboxylic acids is 1. The third-order valence-electron chi connectivity index (χ3n) is 5.27. The molecule has 0 bridgehead atoms. The molecular weight excluding hydrogens is 344 g/mol. The Morgan fingerprint density at radius 2 is 2.04 bits per heavy atom. The van der Waals surface area contributed by atoms with Crippen LogP contribution in [0.3, 0.4) is 0 Å². The van der Waals surface area contributed by atoms with Gasteiger partial charge in [0.15, 0.2) is 0 Å². The number of hydrogen-bond donors (Lipinski definition) is 1. The predicted molar refractivity (Wildman–Crippen MR) is 107 cm³/mol. The standard InChI is InChI=1S/C22H36O5/c1-4-5-8-11-17(26-2)14-15-19-18(20(23)16-21(19)27-3)12-9-6-7-10-13-22(24)25/h6,9,14-15,17-19,21H,4-5,7-8,10-13,16H2,1-3H3,(H,24,25)/b9-6+,15-14+/t17-,18+,19?,21+/m0/s1. The maximum atomic E-state index is 12.4. The van der Waals surface area contributed by atoms with Gasteiger partial charge in [-0.05, 0) is 25.7 Å². The first-order valence-electron chi connectivity index (χ1n) is 10.2. The van der Waals surface area contributed by atoms with Crippen LogP contribution in [0.15, 0.2) is 24.3 Å². The summed E-state index contributed by atoms with van der Waals surface area (Å²) in [6.07, 6.45) is 15.4. The highest BCUT2D eigenvalue weighted by Gasteiger charge is 2.40. The second-order valence-corrected chi connectivity index (χ2v) is 7.28. The zero-order valence-electron chi connectivity index (χ0n) is 17.1. The van der Waals surface area contributed by atoms with Gasteiger partial charge in [0.25, 0.3) is 0 Å². The summed E-state index contributed by atoms with van der Waals surface area (Å²) in [7, 11) is 3.39. The van der Waals surface area contributed by atoms with Gasteiger partial charge >= 0.3 is 5.97 Å². The summed E-state index contributed by atoms with van der Waals surface area (Å²) in [5.41, 5.74) is 0. The van der Waals surface area contributed by atoms with Crippen LogP contribution in [-0.2, 0) is 19.1 Å². The molecule has 154 valence electrons. The van der Waals surface area contributed by atoms with Crippen LogP contribution in [0.2, 0.25) is 0 Å². The van der Waals surface area contributed by atoms with Gasteiger partial charge in [-0.2, -0.15) is 0 Å². The molecule has 27 heavy (non-hydrogen) atoms. The molecule has 1 rings (SSSR count). The molecule has 1 N–H and O–H groups in total. The maximum Gasteiger partial charge on any atom is 0.303 e. The number of unbranched alkanes of at least 4 members (excludes halogenated alkanes) is 3. The molecular formula is C22H36O5. The second-order valence-electron chi connectivity index (χ2n) is 7.28. The van der Waals surface area contributed by atoms with Crippen molar-refractivity contribution in [3.05, 3.63) is 24.3 Å². The van der Waals surface area contributed by atoms with Crippen molar-refractivity contribution in [2.75, 3.05) is 14.2 Å². The molecule has 1 aliphatic carbocycles. The minimum atomic E-state index is -0.769. The van der Waals surface area contributed by atoms with Gasteiger partial charge in [0.05, 0.1) is 12.2 Å². The van der Waals surface area contributed by atoms with E-state index in [1.807, 2.05) is 12.2 Å². The summed E-state index contributed by atoms with van der Waals surface area (Å²) in [4.78, 5) is 23.0. The van der Waals surface area contributed by atoms with Crippen LogP contribution in [0.4, 0.5) is 0 Å². The van der Waals surface area contributed by atoms with E-state index in [4.69, 9.17) is 14.6 Å². The normalized spacial score (nSPS) is 24.3.